The lowest BCUT2D eigenvalue weighted by Gasteiger charge is -2.30. The number of nitrogens with one attached hydrogen (secondary N) is 2. The Hall–Kier alpha value is -2.66. The SMILES string of the molecule is Cc1cc(C)c(CCNC2CCC(Nc3nc(N(C)C)c4ccccc4n3)CC2)c(C)c1. The largest absolute Gasteiger partial charge is 0.362 e. The van der Waals surface area contributed by atoms with Gasteiger partial charge in [-0.1, -0.05) is 29.8 Å². The highest BCUT2D eigenvalue weighted by molar-refractivity contribution is 5.90. The molecule has 5 nitrogen and oxygen atoms in total. The van der Waals surface area contributed by atoms with Crippen LogP contribution in [0.5, 0.6) is 0 Å². The molecule has 1 aromatic heterocycles. The van der Waals surface area contributed by atoms with Gasteiger partial charge in [0.2, 0.25) is 5.95 Å². The molecule has 1 saturated carbocycles. The number of benzene rings is 2. The maximum Gasteiger partial charge on any atom is 0.225 e. The Bertz CT molecular complexity index is 1040. The number of aromatic nitrogens is 2. The van der Waals surface area contributed by atoms with Crippen LogP contribution in [0.2, 0.25) is 0 Å². The molecule has 2 aromatic carbocycles. The van der Waals surface area contributed by atoms with E-state index in [0.717, 1.165) is 48.5 Å². The van der Waals surface area contributed by atoms with E-state index in [1.807, 2.05) is 26.2 Å². The standard InChI is InChI=1S/C27H37N5/c1-18-16-19(2)23(20(3)17-18)14-15-28-21-10-12-22(13-11-21)29-27-30-25-9-7-6-8-24(25)26(31-27)32(4)5/h6-9,16-17,21-22,28H,10-15H2,1-5H3,(H,29,30,31). The molecule has 32 heavy (non-hydrogen) atoms. The van der Waals surface area contributed by atoms with Crippen LogP contribution < -0.4 is 15.5 Å². The maximum absolute atomic E-state index is 4.81. The van der Waals surface area contributed by atoms with E-state index in [9.17, 15) is 0 Å². The quantitative estimate of drug-likeness (QED) is 0.540. The maximum atomic E-state index is 4.81. The smallest absolute Gasteiger partial charge is 0.225 e. The lowest BCUT2D eigenvalue weighted by atomic mass is 9.91. The summed E-state index contributed by atoms with van der Waals surface area (Å²) in [4.78, 5) is 11.6. The van der Waals surface area contributed by atoms with Gasteiger partial charge in [-0.25, -0.2) is 4.98 Å². The minimum atomic E-state index is 0.436. The summed E-state index contributed by atoms with van der Waals surface area (Å²) in [5.74, 6) is 1.71. The van der Waals surface area contributed by atoms with Crippen LogP contribution in [0.1, 0.15) is 47.9 Å². The van der Waals surface area contributed by atoms with E-state index in [1.165, 1.54) is 35.1 Å². The number of nitrogens with zero attached hydrogens (tertiary/aromatic N) is 3. The van der Waals surface area contributed by atoms with E-state index in [1.54, 1.807) is 0 Å². The summed E-state index contributed by atoms with van der Waals surface area (Å²) in [6.07, 6.45) is 5.78. The molecule has 1 aliphatic rings. The van der Waals surface area contributed by atoms with Gasteiger partial charge in [-0.3, -0.25) is 0 Å². The van der Waals surface area contributed by atoms with Gasteiger partial charge >= 0.3 is 0 Å². The molecule has 0 aliphatic heterocycles. The molecule has 1 heterocycles. The highest BCUT2D eigenvalue weighted by Crippen LogP contribution is 2.26. The fraction of sp³-hybridized carbons (Fsp3) is 0.481. The third kappa shape index (κ3) is 5.21. The molecule has 3 aromatic rings. The Morgan fingerprint density at radius 1 is 0.906 bits per heavy atom. The molecule has 0 amide bonds. The van der Waals surface area contributed by atoms with E-state index >= 15 is 0 Å². The van der Waals surface area contributed by atoms with Crippen molar-refractivity contribution >= 4 is 22.7 Å². The minimum absolute atomic E-state index is 0.436. The van der Waals surface area contributed by atoms with Gasteiger partial charge in [-0.2, -0.15) is 4.98 Å². The van der Waals surface area contributed by atoms with E-state index < -0.39 is 0 Å². The second-order valence-electron chi connectivity index (χ2n) is 9.56. The van der Waals surface area contributed by atoms with Crippen molar-refractivity contribution in [3.8, 4) is 0 Å². The molecule has 4 rings (SSSR count). The zero-order valence-electron chi connectivity index (χ0n) is 20.2. The average molecular weight is 432 g/mol. The Morgan fingerprint density at radius 2 is 1.56 bits per heavy atom. The van der Waals surface area contributed by atoms with Gasteiger partial charge in [0.05, 0.1) is 5.52 Å². The molecule has 1 fully saturated rings. The molecular weight excluding hydrogens is 394 g/mol. The second-order valence-corrected chi connectivity index (χ2v) is 9.56. The molecule has 5 heteroatoms. The van der Waals surface area contributed by atoms with Gasteiger partial charge in [0.15, 0.2) is 0 Å². The number of fused-ring (bicyclic) bond motifs is 1. The Morgan fingerprint density at radius 3 is 2.25 bits per heavy atom. The summed E-state index contributed by atoms with van der Waals surface area (Å²) in [5, 5.41) is 8.51. The first-order valence-corrected chi connectivity index (χ1v) is 11.9. The van der Waals surface area contributed by atoms with Crippen molar-refractivity contribution in [1.82, 2.24) is 15.3 Å². The summed E-state index contributed by atoms with van der Waals surface area (Å²) >= 11 is 0. The molecule has 1 aliphatic carbocycles. The number of hydrogen-bond donors (Lipinski definition) is 2. The van der Waals surface area contributed by atoms with Crippen LogP contribution in [0.15, 0.2) is 36.4 Å². The van der Waals surface area contributed by atoms with Crippen LogP contribution >= 0.6 is 0 Å². The second kappa shape index (κ2) is 9.86. The van der Waals surface area contributed by atoms with Crippen LogP contribution in [-0.4, -0.2) is 42.7 Å². The van der Waals surface area contributed by atoms with Crippen molar-refractivity contribution in [2.75, 3.05) is 30.9 Å². The minimum Gasteiger partial charge on any atom is -0.362 e. The van der Waals surface area contributed by atoms with Gasteiger partial charge in [0.25, 0.3) is 0 Å². The van der Waals surface area contributed by atoms with E-state index in [2.05, 4.69) is 60.6 Å². The van der Waals surface area contributed by atoms with Gasteiger partial charge < -0.3 is 15.5 Å². The van der Waals surface area contributed by atoms with E-state index in [4.69, 9.17) is 9.97 Å². The van der Waals surface area contributed by atoms with E-state index in [0.29, 0.717) is 12.1 Å². The van der Waals surface area contributed by atoms with Crippen molar-refractivity contribution in [3.05, 3.63) is 58.7 Å². The number of aryl methyl sites for hydroxylation is 3. The predicted octanol–water partition coefficient (Wildman–Crippen LogP) is 5.18. The zero-order chi connectivity index (χ0) is 22.7. The van der Waals surface area contributed by atoms with Crippen molar-refractivity contribution in [2.45, 2.75) is 65.0 Å². The number of rotatable bonds is 7. The first-order valence-electron chi connectivity index (χ1n) is 11.9. The van der Waals surface area contributed by atoms with Crippen LogP contribution in [0.3, 0.4) is 0 Å². The van der Waals surface area contributed by atoms with Crippen molar-refractivity contribution in [3.63, 3.8) is 0 Å². The molecule has 0 atom stereocenters. The Labute approximate surface area is 192 Å². The molecule has 0 bridgehead atoms. The van der Waals surface area contributed by atoms with Gasteiger partial charge in [-0.05, 0) is 88.2 Å². The highest BCUT2D eigenvalue weighted by atomic mass is 15.2. The summed E-state index contributed by atoms with van der Waals surface area (Å²) in [6.45, 7) is 7.71. The summed E-state index contributed by atoms with van der Waals surface area (Å²) in [5.41, 5.74) is 6.69. The van der Waals surface area contributed by atoms with Gasteiger partial charge in [-0.15, -0.1) is 0 Å². The van der Waals surface area contributed by atoms with E-state index in [-0.39, 0.29) is 0 Å². The molecule has 0 unspecified atom stereocenters. The number of anilines is 2. The first-order chi connectivity index (χ1) is 15.4. The first kappa shape index (κ1) is 22.5. The topological polar surface area (TPSA) is 53.1 Å². The highest BCUT2D eigenvalue weighted by Gasteiger charge is 2.22. The van der Waals surface area contributed by atoms with Gasteiger partial charge in [0.1, 0.15) is 5.82 Å². The monoisotopic (exact) mass is 431 g/mol. The molecule has 2 N–H and O–H groups in total. The number of para-hydroxylation sites is 1. The number of hydrogen-bond acceptors (Lipinski definition) is 5. The normalized spacial score (nSPS) is 18.7. The molecular formula is C27H37N5. The molecule has 0 saturated heterocycles. The fourth-order valence-corrected chi connectivity index (χ4v) is 5.10. The summed E-state index contributed by atoms with van der Waals surface area (Å²) < 4.78 is 0. The third-order valence-corrected chi connectivity index (χ3v) is 6.72. The Kier molecular flexibility index (Phi) is 6.95. The van der Waals surface area contributed by atoms with Crippen LogP contribution in [-0.2, 0) is 6.42 Å². The molecule has 0 radical (unpaired) electrons. The van der Waals surface area contributed by atoms with Crippen LogP contribution in [0, 0.1) is 20.8 Å². The predicted molar refractivity (Wildman–Crippen MR) is 136 cm³/mol. The Balaban J connectivity index is 1.30. The lowest BCUT2D eigenvalue weighted by Crippen LogP contribution is -2.38. The fourth-order valence-electron chi connectivity index (χ4n) is 5.10. The van der Waals surface area contributed by atoms with Crippen molar-refractivity contribution < 1.29 is 0 Å². The van der Waals surface area contributed by atoms with Crippen molar-refractivity contribution in [2.24, 2.45) is 0 Å². The molecule has 170 valence electrons. The van der Waals surface area contributed by atoms with Crippen molar-refractivity contribution in [1.29, 1.82) is 0 Å². The summed E-state index contributed by atoms with van der Waals surface area (Å²) in [7, 11) is 4.07. The van der Waals surface area contributed by atoms with Gasteiger partial charge in [0, 0.05) is 31.6 Å². The zero-order valence-corrected chi connectivity index (χ0v) is 20.2. The van der Waals surface area contributed by atoms with Crippen LogP contribution in [0.25, 0.3) is 10.9 Å². The summed E-state index contributed by atoms with van der Waals surface area (Å²) in [6, 6.07) is 13.9. The third-order valence-electron chi connectivity index (χ3n) is 6.72. The average Bonchev–Trinajstić information content (AvgIpc) is 2.76. The van der Waals surface area contributed by atoms with Crippen LogP contribution in [0.4, 0.5) is 11.8 Å². The molecule has 0 spiro atoms. The lowest BCUT2D eigenvalue weighted by molar-refractivity contribution is 0.355.